The number of allylic oxidation sites excluding steroid dienone is 2. The molecule has 1 aliphatic rings. The van der Waals surface area contributed by atoms with Crippen LogP contribution in [0.2, 0.25) is 0 Å². The fraction of sp³-hybridized carbons (Fsp3) is 0.812. The zero-order valence-corrected chi connectivity index (χ0v) is 12.7. The van der Waals surface area contributed by atoms with Crippen molar-refractivity contribution < 1.29 is 9.53 Å². The smallest absolute Gasteiger partial charge is 0.407 e. The fourth-order valence-corrected chi connectivity index (χ4v) is 2.68. The Hall–Kier alpha value is -0.990. The Morgan fingerprint density at radius 3 is 2.53 bits per heavy atom. The molecule has 0 saturated carbocycles. The first-order valence-corrected chi connectivity index (χ1v) is 7.79. The van der Waals surface area contributed by atoms with E-state index in [-0.39, 0.29) is 11.7 Å². The minimum Gasteiger partial charge on any atom is -0.443 e. The molecule has 0 radical (unpaired) electrons. The summed E-state index contributed by atoms with van der Waals surface area (Å²) >= 11 is 0. The molecule has 1 atom stereocenters. The van der Waals surface area contributed by atoms with E-state index in [0.29, 0.717) is 12.5 Å². The second kappa shape index (κ2) is 8.23. The second-order valence-electron chi connectivity index (χ2n) is 5.47. The summed E-state index contributed by atoms with van der Waals surface area (Å²) in [5.41, 5.74) is -0.283. The summed E-state index contributed by atoms with van der Waals surface area (Å²) in [5.74, 6) is 0.627. The minimum absolute atomic E-state index is 0.259. The average molecular weight is 267 g/mol. The van der Waals surface area contributed by atoms with Gasteiger partial charge in [-0.1, -0.05) is 32.9 Å². The lowest BCUT2D eigenvalue weighted by atomic mass is 9.93. The molecule has 3 heteroatoms. The number of ether oxygens (including phenoxy) is 1. The van der Waals surface area contributed by atoms with Gasteiger partial charge in [0.25, 0.3) is 0 Å². The topological polar surface area (TPSA) is 38.3 Å². The van der Waals surface area contributed by atoms with Crippen LogP contribution in [-0.4, -0.2) is 18.2 Å². The van der Waals surface area contributed by atoms with Gasteiger partial charge in [0.05, 0.1) is 0 Å². The molecular weight excluding hydrogens is 238 g/mol. The van der Waals surface area contributed by atoms with Crippen molar-refractivity contribution in [2.45, 2.75) is 71.3 Å². The maximum Gasteiger partial charge on any atom is 0.407 e. The highest BCUT2D eigenvalue weighted by atomic mass is 16.6. The number of hydrogen-bond acceptors (Lipinski definition) is 2. The Balaban J connectivity index is 2.26. The van der Waals surface area contributed by atoms with Crippen LogP contribution in [-0.2, 0) is 4.74 Å². The fourth-order valence-electron chi connectivity index (χ4n) is 2.68. The Bertz CT molecular complexity index is 287. The summed E-state index contributed by atoms with van der Waals surface area (Å²) in [7, 11) is 0. The molecule has 0 aliphatic heterocycles. The minimum atomic E-state index is -0.283. The normalized spacial score (nSPS) is 19.2. The summed E-state index contributed by atoms with van der Waals surface area (Å²) in [5, 5.41) is 2.89. The first-order chi connectivity index (χ1) is 9.15. The van der Waals surface area contributed by atoms with Gasteiger partial charge in [-0.3, -0.25) is 0 Å². The lowest BCUT2D eigenvalue weighted by Crippen LogP contribution is -2.38. The predicted octanol–water partition coefficient (Wildman–Crippen LogP) is 4.43. The molecule has 19 heavy (non-hydrogen) atoms. The number of alkyl carbamates (subject to hydrolysis) is 1. The van der Waals surface area contributed by atoms with Crippen LogP contribution in [0.15, 0.2) is 12.2 Å². The van der Waals surface area contributed by atoms with E-state index in [1.54, 1.807) is 0 Å². The highest BCUT2D eigenvalue weighted by Crippen LogP contribution is 2.24. The predicted molar refractivity (Wildman–Crippen MR) is 79.2 cm³/mol. The van der Waals surface area contributed by atoms with E-state index >= 15 is 0 Å². The van der Waals surface area contributed by atoms with E-state index in [4.69, 9.17) is 4.74 Å². The largest absolute Gasteiger partial charge is 0.443 e. The van der Waals surface area contributed by atoms with Crippen molar-refractivity contribution in [3.8, 4) is 0 Å². The van der Waals surface area contributed by atoms with Gasteiger partial charge in [0.1, 0.15) is 5.60 Å². The van der Waals surface area contributed by atoms with Gasteiger partial charge in [-0.25, -0.2) is 4.79 Å². The number of amides is 1. The molecule has 1 rings (SSSR count). The Labute approximate surface area is 117 Å². The van der Waals surface area contributed by atoms with Crippen LogP contribution in [0.3, 0.4) is 0 Å². The van der Waals surface area contributed by atoms with E-state index < -0.39 is 0 Å². The van der Waals surface area contributed by atoms with Crippen molar-refractivity contribution in [3.05, 3.63) is 12.2 Å². The van der Waals surface area contributed by atoms with Crippen LogP contribution >= 0.6 is 0 Å². The molecular formula is C16H29NO2. The molecule has 0 bridgehead atoms. The second-order valence-corrected chi connectivity index (χ2v) is 5.47. The van der Waals surface area contributed by atoms with Crippen molar-refractivity contribution in [2.75, 3.05) is 6.54 Å². The standard InChI is InChI=1S/C16H29NO2/c1-4-16(5-2,6-3)19-15(18)17-13-12-14-10-8-7-9-11-14/h8,10,14H,4-7,9,11-13H2,1-3H3,(H,17,18). The van der Waals surface area contributed by atoms with Gasteiger partial charge < -0.3 is 10.1 Å². The van der Waals surface area contributed by atoms with Crippen LogP contribution in [0.4, 0.5) is 4.79 Å². The molecule has 1 amide bonds. The lowest BCUT2D eigenvalue weighted by Gasteiger charge is -2.30. The van der Waals surface area contributed by atoms with Crippen LogP contribution in [0.5, 0.6) is 0 Å². The molecule has 1 unspecified atom stereocenters. The third-order valence-electron chi connectivity index (χ3n) is 4.38. The molecule has 1 aliphatic carbocycles. The van der Waals surface area contributed by atoms with Crippen molar-refractivity contribution in [1.29, 1.82) is 0 Å². The van der Waals surface area contributed by atoms with E-state index in [9.17, 15) is 4.79 Å². The summed E-state index contributed by atoms with van der Waals surface area (Å²) in [6, 6.07) is 0. The Kier molecular flexibility index (Phi) is 6.96. The SMILES string of the molecule is CCC(CC)(CC)OC(=O)NCCC1C=CCCC1. The van der Waals surface area contributed by atoms with Gasteiger partial charge >= 0.3 is 6.09 Å². The number of nitrogens with one attached hydrogen (secondary N) is 1. The first-order valence-electron chi connectivity index (χ1n) is 7.79. The number of rotatable bonds is 7. The molecule has 3 nitrogen and oxygen atoms in total. The first kappa shape index (κ1) is 16.1. The average Bonchev–Trinajstić information content (AvgIpc) is 2.46. The van der Waals surface area contributed by atoms with Crippen molar-refractivity contribution in [3.63, 3.8) is 0 Å². The molecule has 0 aromatic heterocycles. The third-order valence-corrected chi connectivity index (χ3v) is 4.38. The van der Waals surface area contributed by atoms with E-state index in [0.717, 1.165) is 25.7 Å². The molecule has 110 valence electrons. The molecule has 0 heterocycles. The summed E-state index contributed by atoms with van der Waals surface area (Å²) in [6.07, 6.45) is 11.6. The van der Waals surface area contributed by atoms with Gasteiger partial charge in [-0.05, 0) is 50.9 Å². The molecule has 0 aromatic carbocycles. The van der Waals surface area contributed by atoms with Crippen LogP contribution in [0, 0.1) is 5.92 Å². The zero-order valence-electron chi connectivity index (χ0n) is 12.7. The van der Waals surface area contributed by atoms with E-state index in [1.165, 1.54) is 19.3 Å². The van der Waals surface area contributed by atoms with Crippen molar-refractivity contribution in [1.82, 2.24) is 5.32 Å². The lowest BCUT2D eigenvalue weighted by molar-refractivity contribution is 0.00161. The monoisotopic (exact) mass is 267 g/mol. The number of hydrogen-bond donors (Lipinski definition) is 1. The number of carbonyl (C=O) groups is 1. The van der Waals surface area contributed by atoms with Gasteiger partial charge in [0.15, 0.2) is 0 Å². The highest BCUT2D eigenvalue weighted by Gasteiger charge is 2.28. The van der Waals surface area contributed by atoms with Gasteiger partial charge in [-0.2, -0.15) is 0 Å². The van der Waals surface area contributed by atoms with E-state index in [2.05, 4.69) is 38.2 Å². The maximum absolute atomic E-state index is 11.8. The summed E-state index contributed by atoms with van der Waals surface area (Å²) in [4.78, 5) is 11.8. The highest BCUT2D eigenvalue weighted by molar-refractivity contribution is 5.67. The van der Waals surface area contributed by atoms with Crippen molar-refractivity contribution >= 4 is 6.09 Å². The van der Waals surface area contributed by atoms with Crippen LogP contribution in [0.25, 0.3) is 0 Å². The number of carbonyl (C=O) groups excluding carboxylic acids is 1. The third kappa shape index (κ3) is 5.25. The van der Waals surface area contributed by atoms with Gasteiger partial charge in [0, 0.05) is 6.54 Å². The van der Waals surface area contributed by atoms with Gasteiger partial charge in [-0.15, -0.1) is 0 Å². The summed E-state index contributed by atoms with van der Waals surface area (Å²) < 4.78 is 5.61. The van der Waals surface area contributed by atoms with Gasteiger partial charge in [0.2, 0.25) is 0 Å². The molecule has 0 fully saturated rings. The molecule has 1 N–H and O–H groups in total. The van der Waals surface area contributed by atoms with E-state index in [1.807, 2.05) is 0 Å². The quantitative estimate of drug-likeness (QED) is 0.693. The molecule has 0 spiro atoms. The Morgan fingerprint density at radius 1 is 1.32 bits per heavy atom. The zero-order chi connectivity index (χ0) is 14.1. The summed E-state index contributed by atoms with van der Waals surface area (Å²) in [6.45, 7) is 6.94. The maximum atomic E-state index is 11.8. The molecule has 0 aromatic rings. The van der Waals surface area contributed by atoms with Crippen LogP contribution < -0.4 is 5.32 Å². The van der Waals surface area contributed by atoms with Crippen LogP contribution in [0.1, 0.15) is 65.7 Å². The Morgan fingerprint density at radius 2 is 2.00 bits per heavy atom. The van der Waals surface area contributed by atoms with Crippen molar-refractivity contribution in [2.24, 2.45) is 5.92 Å². The molecule has 0 saturated heterocycles.